The van der Waals surface area contributed by atoms with Crippen molar-refractivity contribution in [3.05, 3.63) is 11.4 Å². The number of ether oxygens (including phenoxy) is 1. The van der Waals surface area contributed by atoms with Crippen molar-refractivity contribution in [1.29, 1.82) is 0 Å². The van der Waals surface area contributed by atoms with E-state index in [1.54, 1.807) is 11.6 Å². The van der Waals surface area contributed by atoms with E-state index in [-0.39, 0.29) is 11.6 Å². The van der Waals surface area contributed by atoms with Crippen LogP contribution in [0.5, 0.6) is 0 Å². The Morgan fingerprint density at radius 3 is 2.78 bits per heavy atom. The van der Waals surface area contributed by atoms with Gasteiger partial charge in [-0.2, -0.15) is 0 Å². The van der Waals surface area contributed by atoms with Gasteiger partial charge in [-0.3, -0.25) is 0 Å². The molecule has 0 aliphatic rings. The van der Waals surface area contributed by atoms with Crippen molar-refractivity contribution < 1.29 is 9.53 Å². The third-order valence-corrected chi connectivity index (χ3v) is 2.84. The summed E-state index contributed by atoms with van der Waals surface area (Å²) < 4.78 is 6.61. The summed E-state index contributed by atoms with van der Waals surface area (Å²) in [6, 6.07) is 0. The van der Waals surface area contributed by atoms with Gasteiger partial charge >= 0.3 is 5.97 Å². The summed E-state index contributed by atoms with van der Waals surface area (Å²) in [6.07, 6.45) is 2.10. The first kappa shape index (κ1) is 15.0. The molecule has 5 nitrogen and oxygen atoms in total. The first-order chi connectivity index (χ1) is 8.60. The molecule has 102 valence electrons. The normalized spacial score (nSPS) is 10.9. The highest BCUT2D eigenvalue weighted by molar-refractivity contribution is 6.17. The molecule has 18 heavy (non-hydrogen) atoms. The van der Waals surface area contributed by atoms with E-state index in [0.717, 1.165) is 19.4 Å². The molecule has 0 fully saturated rings. The van der Waals surface area contributed by atoms with Crippen LogP contribution in [0.3, 0.4) is 0 Å². The van der Waals surface area contributed by atoms with Crippen molar-refractivity contribution in [3.8, 4) is 0 Å². The van der Waals surface area contributed by atoms with Crippen LogP contribution < -0.4 is 0 Å². The number of aryl methyl sites for hydroxylation is 1. The minimum absolute atomic E-state index is 0.211. The van der Waals surface area contributed by atoms with Crippen molar-refractivity contribution in [2.75, 3.05) is 6.61 Å². The molecule has 0 amide bonds. The molecular formula is C12H20ClN3O2. The number of esters is 1. The molecule has 0 aliphatic heterocycles. The minimum atomic E-state index is -0.455. The van der Waals surface area contributed by atoms with E-state index in [9.17, 15) is 4.79 Å². The van der Waals surface area contributed by atoms with Gasteiger partial charge < -0.3 is 4.74 Å². The molecule has 0 aromatic carbocycles. The van der Waals surface area contributed by atoms with Crippen LogP contribution in [0.1, 0.15) is 49.8 Å². The molecule has 0 aliphatic carbocycles. The highest BCUT2D eigenvalue weighted by atomic mass is 35.5. The predicted molar refractivity (Wildman–Crippen MR) is 69.6 cm³/mol. The number of carbonyl (C=O) groups is 1. The Hall–Kier alpha value is -1.10. The zero-order valence-corrected chi connectivity index (χ0v) is 11.9. The predicted octanol–water partition coefficient (Wildman–Crippen LogP) is 2.63. The van der Waals surface area contributed by atoms with Crippen LogP contribution in [0.4, 0.5) is 0 Å². The highest BCUT2D eigenvalue weighted by Crippen LogP contribution is 2.12. The molecule has 0 unspecified atom stereocenters. The fourth-order valence-electron chi connectivity index (χ4n) is 1.65. The summed E-state index contributed by atoms with van der Waals surface area (Å²) in [5.74, 6) is 0.406. The average molecular weight is 274 g/mol. The quantitative estimate of drug-likeness (QED) is 0.566. The molecule has 0 saturated heterocycles. The van der Waals surface area contributed by atoms with E-state index in [1.165, 1.54) is 0 Å². The molecule has 0 N–H and O–H groups in total. The Morgan fingerprint density at radius 2 is 2.22 bits per heavy atom. The number of rotatable bonds is 7. The third kappa shape index (κ3) is 3.98. The van der Waals surface area contributed by atoms with Gasteiger partial charge in [-0.05, 0) is 25.7 Å². The lowest BCUT2D eigenvalue weighted by Gasteiger charge is -2.06. The molecule has 1 aromatic heterocycles. The van der Waals surface area contributed by atoms with E-state index in [1.807, 2.05) is 0 Å². The number of carbonyl (C=O) groups excluding carboxylic acids is 1. The van der Waals surface area contributed by atoms with E-state index < -0.39 is 5.97 Å². The highest BCUT2D eigenvalue weighted by Gasteiger charge is 2.19. The minimum Gasteiger partial charge on any atom is -0.461 e. The zero-order valence-electron chi connectivity index (χ0n) is 11.1. The van der Waals surface area contributed by atoms with Crippen LogP contribution >= 0.6 is 11.6 Å². The third-order valence-electron chi connectivity index (χ3n) is 2.58. The van der Waals surface area contributed by atoms with Crippen molar-refractivity contribution in [3.63, 3.8) is 0 Å². The molecule has 0 bridgehead atoms. The van der Waals surface area contributed by atoms with Crippen LogP contribution in [0.15, 0.2) is 0 Å². The van der Waals surface area contributed by atoms with Crippen molar-refractivity contribution >= 4 is 17.6 Å². The molecule has 1 rings (SSSR count). The Bertz CT molecular complexity index is 391. The fourth-order valence-corrected chi connectivity index (χ4v) is 1.92. The number of hydrogen-bond donors (Lipinski definition) is 0. The monoisotopic (exact) mass is 273 g/mol. The molecule has 1 heterocycles. The maximum absolute atomic E-state index is 11.6. The number of halogens is 1. The number of alkyl halides is 1. The van der Waals surface area contributed by atoms with E-state index in [4.69, 9.17) is 16.3 Å². The Kier molecular flexibility index (Phi) is 6.12. The Balaban J connectivity index is 2.72. The van der Waals surface area contributed by atoms with Crippen LogP contribution in [0.25, 0.3) is 0 Å². The van der Waals surface area contributed by atoms with Gasteiger partial charge in [0.15, 0.2) is 5.69 Å². The lowest BCUT2D eigenvalue weighted by molar-refractivity contribution is 0.0518. The van der Waals surface area contributed by atoms with Crippen molar-refractivity contribution in [1.82, 2.24) is 15.0 Å². The zero-order chi connectivity index (χ0) is 13.5. The second-order valence-electron chi connectivity index (χ2n) is 4.50. The first-order valence-corrected chi connectivity index (χ1v) is 6.79. The largest absolute Gasteiger partial charge is 0.461 e. The van der Waals surface area contributed by atoms with Gasteiger partial charge in [0.2, 0.25) is 0 Å². The fraction of sp³-hybridized carbons (Fsp3) is 0.750. The molecule has 0 saturated carbocycles. The van der Waals surface area contributed by atoms with Crippen molar-refractivity contribution in [2.24, 2.45) is 5.92 Å². The lowest BCUT2D eigenvalue weighted by atomic mass is 10.1. The smallest absolute Gasteiger partial charge is 0.360 e. The van der Waals surface area contributed by atoms with Gasteiger partial charge in [-0.25, -0.2) is 9.48 Å². The first-order valence-electron chi connectivity index (χ1n) is 6.25. The van der Waals surface area contributed by atoms with Gasteiger partial charge in [0.05, 0.1) is 18.2 Å². The number of hydrogen-bond acceptors (Lipinski definition) is 4. The second kappa shape index (κ2) is 7.36. The van der Waals surface area contributed by atoms with Gasteiger partial charge in [0.1, 0.15) is 0 Å². The molecule has 0 spiro atoms. The van der Waals surface area contributed by atoms with Gasteiger partial charge in [0, 0.05) is 6.54 Å². The van der Waals surface area contributed by atoms with Crippen LogP contribution in [0.2, 0.25) is 0 Å². The van der Waals surface area contributed by atoms with Gasteiger partial charge in [0.25, 0.3) is 0 Å². The summed E-state index contributed by atoms with van der Waals surface area (Å²) in [5.41, 5.74) is 0.871. The topological polar surface area (TPSA) is 57.0 Å². The number of aromatic nitrogens is 3. The summed E-state index contributed by atoms with van der Waals surface area (Å²) in [5, 5.41) is 7.83. The summed E-state index contributed by atoms with van der Waals surface area (Å²) in [6.45, 7) is 7.15. The molecule has 0 radical (unpaired) electrons. The summed E-state index contributed by atoms with van der Waals surface area (Å²) in [7, 11) is 0. The summed E-state index contributed by atoms with van der Waals surface area (Å²) in [4.78, 5) is 11.6. The molecule has 1 aromatic rings. The van der Waals surface area contributed by atoms with Gasteiger partial charge in [-0.15, -0.1) is 16.7 Å². The lowest BCUT2D eigenvalue weighted by Crippen LogP contribution is -2.10. The number of nitrogens with zero attached hydrogens (tertiary/aromatic N) is 3. The Labute approximate surface area is 112 Å². The van der Waals surface area contributed by atoms with E-state index in [2.05, 4.69) is 24.2 Å². The molecule has 0 atom stereocenters. The maximum atomic E-state index is 11.6. The Morgan fingerprint density at radius 1 is 1.50 bits per heavy atom. The molecule has 6 heteroatoms. The summed E-state index contributed by atoms with van der Waals surface area (Å²) >= 11 is 5.86. The molecular weight excluding hydrogens is 254 g/mol. The van der Waals surface area contributed by atoms with E-state index >= 15 is 0 Å². The maximum Gasteiger partial charge on any atom is 0.360 e. The second-order valence-corrected chi connectivity index (χ2v) is 4.77. The van der Waals surface area contributed by atoms with Gasteiger partial charge in [-0.1, -0.05) is 19.1 Å². The SMILES string of the molecule is CCOC(=O)c1nnn(CCCC(C)C)c1CCl. The van der Waals surface area contributed by atoms with Crippen LogP contribution in [-0.4, -0.2) is 27.6 Å². The van der Waals surface area contributed by atoms with Crippen LogP contribution in [-0.2, 0) is 17.2 Å². The standard InChI is InChI=1S/C12H20ClN3O2/c1-4-18-12(17)11-10(8-13)16(15-14-11)7-5-6-9(2)3/h9H,4-8H2,1-3H3. The van der Waals surface area contributed by atoms with Crippen LogP contribution in [0, 0.1) is 5.92 Å². The van der Waals surface area contributed by atoms with E-state index in [0.29, 0.717) is 18.2 Å². The average Bonchev–Trinajstić information content (AvgIpc) is 2.72. The van der Waals surface area contributed by atoms with Crippen molar-refractivity contribution in [2.45, 2.75) is 46.0 Å².